The number of fused-ring (bicyclic) bond motifs is 1. The van der Waals surface area contributed by atoms with E-state index in [1.807, 2.05) is 13.8 Å². The lowest BCUT2D eigenvalue weighted by Crippen LogP contribution is -2.54. The summed E-state index contributed by atoms with van der Waals surface area (Å²) in [4.78, 5) is 42.0. The molecule has 0 spiro atoms. The summed E-state index contributed by atoms with van der Waals surface area (Å²) in [6.45, 7) is 6.91. The second-order valence-electron chi connectivity index (χ2n) is 7.38. The number of amides is 3. The van der Waals surface area contributed by atoms with Crippen molar-refractivity contribution >= 4 is 17.7 Å². The molecule has 2 heterocycles. The lowest BCUT2D eigenvalue weighted by atomic mass is 10.0. The predicted molar refractivity (Wildman–Crippen MR) is 105 cm³/mol. The van der Waals surface area contributed by atoms with Crippen LogP contribution in [0.1, 0.15) is 34.6 Å². The molecule has 0 bridgehead atoms. The van der Waals surface area contributed by atoms with Crippen molar-refractivity contribution in [3.8, 4) is 0 Å². The molecule has 8 nitrogen and oxygen atoms in total. The lowest BCUT2D eigenvalue weighted by Gasteiger charge is -2.33. The summed E-state index contributed by atoms with van der Waals surface area (Å²) in [5.74, 6) is -1.34. The maximum atomic E-state index is 13.4. The molecule has 1 aromatic rings. The average Bonchev–Trinajstić information content (AvgIpc) is 2.94. The second kappa shape index (κ2) is 9.96. The van der Waals surface area contributed by atoms with Gasteiger partial charge >= 0.3 is 0 Å². The molecular formula is C21H28N2O6. The number of hydrogen-bond donors (Lipinski definition) is 0. The molecule has 3 rings (SSSR count). The van der Waals surface area contributed by atoms with Crippen LogP contribution >= 0.6 is 0 Å². The number of nitrogens with zero attached hydrogens (tertiary/aromatic N) is 2. The number of imide groups is 1. The van der Waals surface area contributed by atoms with Gasteiger partial charge in [-0.25, -0.2) is 0 Å². The summed E-state index contributed by atoms with van der Waals surface area (Å²) < 4.78 is 16.4. The van der Waals surface area contributed by atoms with Crippen LogP contribution in [-0.4, -0.2) is 86.3 Å². The van der Waals surface area contributed by atoms with Gasteiger partial charge < -0.3 is 19.1 Å². The number of rotatable bonds is 3. The van der Waals surface area contributed by atoms with Crippen LogP contribution in [0.5, 0.6) is 0 Å². The highest BCUT2D eigenvalue weighted by atomic mass is 16.5. The number of hydrogen-bond acceptors (Lipinski definition) is 6. The second-order valence-corrected chi connectivity index (χ2v) is 7.38. The Balaban J connectivity index is 1.79. The van der Waals surface area contributed by atoms with E-state index in [4.69, 9.17) is 14.2 Å². The number of carbonyl (C=O) groups excluding carboxylic acids is 3. The molecule has 0 radical (unpaired) electrons. The molecular weight excluding hydrogens is 376 g/mol. The highest BCUT2D eigenvalue weighted by Crippen LogP contribution is 2.28. The average molecular weight is 404 g/mol. The monoisotopic (exact) mass is 404 g/mol. The largest absolute Gasteiger partial charge is 0.377 e. The summed E-state index contributed by atoms with van der Waals surface area (Å²) >= 11 is 0. The molecule has 0 aromatic heterocycles. The van der Waals surface area contributed by atoms with E-state index in [9.17, 15) is 14.4 Å². The SMILES string of the molecule is CC(C)[C@@H](C(=O)N1CCOCCOCCOCC1)N1C(=O)c2ccccc2C1=O. The summed E-state index contributed by atoms with van der Waals surface area (Å²) in [6.07, 6.45) is 0. The van der Waals surface area contributed by atoms with Crippen LogP contribution in [0.3, 0.4) is 0 Å². The zero-order chi connectivity index (χ0) is 20.8. The quantitative estimate of drug-likeness (QED) is 0.704. The molecule has 1 atom stereocenters. The summed E-state index contributed by atoms with van der Waals surface area (Å²) in [5, 5.41) is 0. The Morgan fingerprint density at radius 3 is 1.72 bits per heavy atom. The molecule has 1 aromatic carbocycles. The molecule has 0 saturated carbocycles. The highest BCUT2D eigenvalue weighted by molar-refractivity contribution is 6.22. The number of carbonyl (C=O) groups is 3. The van der Waals surface area contributed by atoms with Crippen LogP contribution in [0.4, 0.5) is 0 Å². The van der Waals surface area contributed by atoms with Crippen LogP contribution in [-0.2, 0) is 19.0 Å². The van der Waals surface area contributed by atoms with E-state index in [-0.39, 0.29) is 11.8 Å². The fourth-order valence-electron chi connectivity index (χ4n) is 3.56. The molecule has 0 N–H and O–H groups in total. The van der Waals surface area contributed by atoms with Crippen LogP contribution in [0.25, 0.3) is 0 Å². The Labute approximate surface area is 170 Å². The number of benzene rings is 1. The summed E-state index contributed by atoms with van der Waals surface area (Å²) in [5.41, 5.74) is 0.688. The third-order valence-electron chi connectivity index (χ3n) is 5.05. The first-order chi connectivity index (χ1) is 14.0. The van der Waals surface area contributed by atoms with Crippen molar-refractivity contribution in [1.82, 2.24) is 9.80 Å². The smallest absolute Gasteiger partial charge is 0.262 e. The molecule has 1 fully saturated rings. The van der Waals surface area contributed by atoms with Crippen molar-refractivity contribution in [1.29, 1.82) is 0 Å². The Hall–Kier alpha value is -2.29. The predicted octanol–water partition coefficient (Wildman–Crippen LogP) is 1.20. The van der Waals surface area contributed by atoms with Gasteiger partial charge in [0, 0.05) is 13.1 Å². The Kier molecular flexibility index (Phi) is 7.35. The van der Waals surface area contributed by atoms with Gasteiger partial charge in [0.05, 0.1) is 50.8 Å². The van der Waals surface area contributed by atoms with Crippen LogP contribution < -0.4 is 0 Å². The standard InChI is InChI=1S/C21H28N2O6/c1-15(2)18(23-19(24)16-5-3-4-6-17(16)20(23)25)21(26)22-7-9-27-11-13-29-14-12-28-10-8-22/h3-6,15,18H,7-14H2,1-2H3/t18-/m0/s1. The van der Waals surface area contributed by atoms with E-state index in [0.717, 1.165) is 4.90 Å². The molecule has 0 unspecified atom stereocenters. The molecule has 158 valence electrons. The van der Waals surface area contributed by atoms with E-state index in [0.29, 0.717) is 63.9 Å². The molecule has 3 amide bonds. The van der Waals surface area contributed by atoms with Crippen molar-refractivity contribution in [2.45, 2.75) is 19.9 Å². The van der Waals surface area contributed by atoms with Gasteiger partial charge in [-0.15, -0.1) is 0 Å². The van der Waals surface area contributed by atoms with Crippen molar-refractivity contribution in [3.05, 3.63) is 35.4 Å². The van der Waals surface area contributed by atoms with Gasteiger partial charge in [-0.3, -0.25) is 19.3 Å². The molecule has 2 aliphatic heterocycles. The molecule has 2 aliphatic rings. The van der Waals surface area contributed by atoms with Gasteiger partial charge in [-0.05, 0) is 18.1 Å². The minimum atomic E-state index is -0.876. The van der Waals surface area contributed by atoms with Crippen LogP contribution in [0.2, 0.25) is 0 Å². The van der Waals surface area contributed by atoms with E-state index in [1.54, 1.807) is 29.2 Å². The van der Waals surface area contributed by atoms with Crippen molar-refractivity contribution < 1.29 is 28.6 Å². The number of ether oxygens (including phenoxy) is 3. The molecule has 1 saturated heterocycles. The van der Waals surface area contributed by atoms with Crippen molar-refractivity contribution in [2.24, 2.45) is 5.92 Å². The normalized spacial score (nSPS) is 20.2. The van der Waals surface area contributed by atoms with E-state index in [1.165, 1.54) is 0 Å². The Bertz CT molecular complexity index is 703. The fourth-order valence-corrected chi connectivity index (χ4v) is 3.56. The zero-order valence-corrected chi connectivity index (χ0v) is 17.0. The minimum absolute atomic E-state index is 0.235. The maximum absolute atomic E-state index is 13.4. The van der Waals surface area contributed by atoms with Gasteiger partial charge in [0.2, 0.25) is 5.91 Å². The lowest BCUT2D eigenvalue weighted by molar-refractivity contribution is -0.139. The van der Waals surface area contributed by atoms with E-state index >= 15 is 0 Å². The van der Waals surface area contributed by atoms with E-state index in [2.05, 4.69) is 0 Å². The summed E-state index contributed by atoms with van der Waals surface area (Å²) in [6, 6.07) is 5.80. The Morgan fingerprint density at radius 2 is 1.28 bits per heavy atom. The molecule has 0 aliphatic carbocycles. The highest BCUT2D eigenvalue weighted by Gasteiger charge is 2.45. The topological polar surface area (TPSA) is 85.4 Å². The Morgan fingerprint density at radius 1 is 0.828 bits per heavy atom. The van der Waals surface area contributed by atoms with Gasteiger partial charge in [0.25, 0.3) is 11.8 Å². The van der Waals surface area contributed by atoms with Crippen LogP contribution in [0, 0.1) is 5.92 Å². The van der Waals surface area contributed by atoms with Gasteiger partial charge in [-0.1, -0.05) is 26.0 Å². The molecule has 29 heavy (non-hydrogen) atoms. The molecule has 8 heteroatoms. The first-order valence-electron chi connectivity index (χ1n) is 10.0. The van der Waals surface area contributed by atoms with Gasteiger partial charge in [0.15, 0.2) is 0 Å². The van der Waals surface area contributed by atoms with E-state index < -0.39 is 17.9 Å². The first-order valence-corrected chi connectivity index (χ1v) is 10.0. The van der Waals surface area contributed by atoms with Gasteiger partial charge in [0.1, 0.15) is 6.04 Å². The zero-order valence-electron chi connectivity index (χ0n) is 17.0. The third kappa shape index (κ3) is 4.83. The third-order valence-corrected chi connectivity index (χ3v) is 5.05. The van der Waals surface area contributed by atoms with Gasteiger partial charge in [-0.2, -0.15) is 0 Å². The fraction of sp³-hybridized carbons (Fsp3) is 0.571. The van der Waals surface area contributed by atoms with Crippen LogP contribution in [0.15, 0.2) is 24.3 Å². The van der Waals surface area contributed by atoms with Crippen molar-refractivity contribution in [3.63, 3.8) is 0 Å². The first kappa shape index (κ1) is 21.4. The maximum Gasteiger partial charge on any atom is 0.262 e. The summed E-state index contributed by atoms with van der Waals surface area (Å²) in [7, 11) is 0. The minimum Gasteiger partial charge on any atom is -0.377 e. The van der Waals surface area contributed by atoms with Crippen molar-refractivity contribution in [2.75, 3.05) is 52.7 Å².